The number of carbonyl (C=O) groups excluding carboxylic acids is 2. The molecule has 0 spiro atoms. The van der Waals surface area contributed by atoms with Gasteiger partial charge in [0.25, 0.3) is 0 Å². The summed E-state index contributed by atoms with van der Waals surface area (Å²) in [7, 11) is 2.99. The molecular weight excluding hydrogens is 428 g/mol. The molecule has 3 amide bonds. The molecule has 0 unspecified atom stereocenters. The second-order valence-corrected chi connectivity index (χ2v) is 7.76. The number of nitrogens with one attached hydrogen (secondary N) is 3. The van der Waals surface area contributed by atoms with Gasteiger partial charge in [0.05, 0.1) is 35.1 Å². The van der Waals surface area contributed by atoms with Gasteiger partial charge in [-0.05, 0) is 30.7 Å². The highest BCUT2D eigenvalue weighted by atomic mass is 35.5. The normalized spacial score (nSPS) is 10.6. The van der Waals surface area contributed by atoms with Crippen LogP contribution in [-0.4, -0.2) is 31.1 Å². The van der Waals surface area contributed by atoms with Crippen molar-refractivity contribution >= 4 is 61.6 Å². The molecule has 0 atom stereocenters. The molecule has 8 nitrogen and oxygen atoms in total. The zero-order chi connectivity index (χ0) is 21.8. The molecule has 0 bridgehead atoms. The van der Waals surface area contributed by atoms with E-state index in [9.17, 15) is 9.59 Å². The van der Waals surface area contributed by atoms with Gasteiger partial charge in [0, 0.05) is 18.2 Å². The number of nitrogens with zero attached hydrogens (tertiary/aromatic N) is 1. The molecule has 2 aromatic carbocycles. The third-order valence-corrected chi connectivity index (χ3v) is 5.45. The van der Waals surface area contributed by atoms with Gasteiger partial charge < -0.3 is 25.4 Å². The number of anilines is 3. The van der Waals surface area contributed by atoms with E-state index in [2.05, 4.69) is 20.9 Å². The van der Waals surface area contributed by atoms with Gasteiger partial charge in [-0.3, -0.25) is 4.79 Å². The average molecular weight is 449 g/mol. The minimum absolute atomic E-state index is 0.100. The smallest absolute Gasteiger partial charge is 0.323 e. The number of aromatic nitrogens is 1. The quantitative estimate of drug-likeness (QED) is 0.477. The highest BCUT2D eigenvalue weighted by molar-refractivity contribution is 7.22. The number of thiazole rings is 1. The van der Waals surface area contributed by atoms with Crippen molar-refractivity contribution < 1.29 is 19.1 Å². The zero-order valence-corrected chi connectivity index (χ0v) is 18.5. The van der Waals surface area contributed by atoms with Crippen molar-refractivity contribution in [2.24, 2.45) is 0 Å². The van der Waals surface area contributed by atoms with E-state index in [1.54, 1.807) is 25.1 Å². The number of carbonyl (C=O) groups is 2. The van der Waals surface area contributed by atoms with Crippen molar-refractivity contribution in [3.8, 4) is 11.5 Å². The number of hydrogen-bond donors (Lipinski definition) is 3. The third kappa shape index (κ3) is 4.74. The number of fused-ring (bicyclic) bond motifs is 1. The summed E-state index contributed by atoms with van der Waals surface area (Å²) in [6.07, 6.45) is 0.376. The van der Waals surface area contributed by atoms with E-state index in [-0.39, 0.29) is 5.91 Å². The Labute approximate surface area is 182 Å². The van der Waals surface area contributed by atoms with Gasteiger partial charge >= 0.3 is 6.03 Å². The molecule has 3 aromatic rings. The molecule has 1 aromatic heterocycles. The lowest BCUT2D eigenvalue weighted by atomic mass is 10.2. The van der Waals surface area contributed by atoms with E-state index in [1.807, 2.05) is 13.0 Å². The van der Waals surface area contributed by atoms with Crippen LogP contribution in [0.2, 0.25) is 5.02 Å². The van der Waals surface area contributed by atoms with Crippen molar-refractivity contribution in [1.29, 1.82) is 0 Å². The molecule has 30 heavy (non-hydrogen) atoms. The number of benzene rings is 2. The number of aryl methyl sites for hydroxylation is 1. The van der Waals surface area contributed by atoms with Crippen molar-refractivity contribution in [3.05, 3.63) is 34.9 Å². The first-order valence-electron chi connectivity index (χ1n) is 9.05. The number of ether oxygens (including phenoxy) is 2. The molecule has 0 aliphatic rings. The summed E-state index contributed by atoms with van der Waals surface area (Å²) >= 11 is 7.50. The van der Waals surface area contributed by atoms with Crippen molar-refractivity contribution in [2.75, 3.05) is 30.2 Å². The molecule has 0 fully saturated rings. The van der Waals surface area contributed by atoms with E-state index >= 15 is 0 Å². The summed E-state index contributed by atoms with van der Waals surface area (Å²) in [5.74, 6) is 0.755. The van der Waals surface area contributed by atoms with Crippen LogP contribution in [0.1, 0.15) is 18.9 Å². The SMILES string of the molecule is CCC(=O)Nc1nc2c(C)cc(NC(=O)Nc3cc(Cl)c(OC)cc3OC)cc2s1. The minimum Gasteiger partial charge on any atom is -0.495 e. The summed E-state index contributed by atoms with van der Waals surface area (Å²) in [6.45, 7) is 3.67. The summed E-state index contributed by atoms with van der Waals surface area (Å²) in [5.41, 5.74) is 2.65. The third-order valence-electron chi connectivity index (χ3n) is 4.23. The lowest BCUT2D eigenvalue weighted by molar-refractivity contribution is -0.115. The van der Waals surface area contributed by atoms with Crippen LogP contribution in [0.5, 0.6) is 11.5 Å². The minimum atomic E-state index is -0.461. The van der Waals surface area contributed by atoms with Gasteiger partial charge in [-0.1, -0.05) is 29.9 Å². The number of halogens is 1. The first-order valence-corrected chi connectivity index (χ1v) is 10.2. The monoisotopic (exact) mass is 448 g/mol. The predicted molar refractivity (Wildman–Crippen MR) is 120 cm³/mol. The Bertz CT molecular complexity index is 1120. The van der Waals surface area contributed by atoms with Gasteiger partial charge in [-0.2, -0.15) is 0 Å². The number of rotatable bonds is 6. The van der Waals surface area contributed by atoms with Crippen LogP contribution in [0.25, 0.3) is 10.2 Å². The molecular formula is C20H21ClN4O4S. The van der Waals surface area contributed by atoms with E-state index in [0.29, 0.717) is 39.4 Å². The van der Waals surface area contributed by atoms with Crippen molar-refractivity contribution in [3.63, 3.8) is 0 Å². The zero-order valence-electron chi connectivity index (χ0n) is 16.9. The van der Waals surface area contributed by atoms with Crippen LogP contribution >= 0.6 is 22.9 Å². The van der Waals surface area contributed by atoms with E-state index in [0.717, 1.165) is 15.8 Å². The Morgan fingerprint density at radius 3 is 2.47 bits per heavy atom. The van der Waals surface area contributed by atoms with Gasteiger partial charge in [-0.15, -0.1) is 0 Å². The molecule has 0 aliphatic carbocycles. The van der Waals surface area contributed by atoms with Gasteiger partial charge in [0.15, 0.2) is 5.13 Å². The van der Waals surface area contributed by atoms with E-state index < -0.39 is 6.03 Å². The Hall–Kier alpha value is -3.04. The number of amides is 3. The van der Waals surface area contributed by atoms with Crippen LogP contribution in [0.3, 0.4) is 0 Å². The second-order valence-electron chi connectivity index (χ2n) is 6.33. The molecule has 0 radical (unpaired) electrons. The lowest BCUT2D eigenvalue weighted by Crippen LogP contribution is -2.20. The van der Waals surface area contributed by atoms with E-state index in [4.69, 9.17) is 21.1 Å². The highest BCUT2D eigenvalue weighted by Gasteiger charge is 2.14. The number of urea groups is 1. The molecule has 0 saturated carbocycles. The Kier molecular flexibility index (Phi) is 6.63. The fourth-order valence-electron chi connectivity index (χ4n) is 2.77. The largest absolute Gasteiger partial charge is 0.495 e. The lowest BCUT2D eigenvalue weighted by Gasteiger charge is -2.14. The molecule has 0 saturated heterocycles. The van der Waals surface area contributed by atoms with Crippen LogP contribution in [0, 0.1) is 6.92 Å². The Morgan fingerprint density at radius 1 is 1.07 bits per heavy atom. The maximum Gasteiger partial charge on any atom is 0.323 e. The summed E-state index contributed by atoms with van der Waals surface area (Å²) in [5, 5.41) is 9.15. The molecule has 0 aliphatic heterocycles. The fraction of sp³-hybridized carbons (Fsp3) is 0.250. The Morgan fingerprint density at radius 2 is 1.80 bits per heavy atom. The summed E-state index contributed by atoms with van der Waals surface area (Å²) in [6, 6.07) is 6.30. The fourth-order valence-corrected chi connectivity index (χ4v) is 4.01. The molecule has 3 rings (SSSR count). The Balaban J connectivity index is 1.80. The van der Waals surface area contributed by atoms with Crippen molar-refractivity contribution in [1.82, 2.24) is 4.98 Å². The van der Waals surface area contributed by atoms with Gasteiger partial charge in [-0.25, -0.2) is 9.78 Å². The molecule has 1 heterocycles. The van der Waals surface area contributed by atoms with Gasteiger partial charge in [0.1, 0.15) is 11.5 Å². The molecule has 158 valence electrons. The standard InChI is InChI=1S/C20H21ClN4O4S/c1-5-17(26)24-20-25-18-10(2)6-11(7-16(18)30-20)22-19(27)23-13-8-12(21)14(28-3)9-15(13)29-4/h6-9H,5H2,1-4H3,(H2,22,23,27)(H,24,25,26). The van der Waals surface area contributed by atoms with Crippen LogP contribution in [-0.2, 0) is 4.79 Å². The predicted octanol–water partition coefficient (Wildman–Crippen LogP) is 5.27. The summed E-state index contributed by atoms with van der Waals surface area (Å²) < 4.78 is 11.3. The van der Waals surface area contributed by atoms with Crippen molar-refractivity contribution in [2.45, 2.75) is 20.3 Å². The first kappa shape index (κ1) is 21.7. The summed E-state index contributed by atoms with van der Waals surface area (Å²) in [4.78, 5) is 28.6. The number of methoxy groups -OCH3 is 2. The number of hydrogen-bond acceptors (Lipinski definition) is 6. The molecule has 10 heteroatoms. The molecule has 3 N–H and O–H groups in total. The average Bonchev–Trinajstić information content (AvgIpc) is 3.10. The van der Waals surface area contributed by atoms with Crippen LogP contribution < -0.4 is 25.4 Å². The van der Waals surface area contributed by atoms with Crippen LogP contribution in [0.15, 0.2) is 24.3 Å². The maximum atomic E-state index is 12.5. The maximum absolute atomic E-state index is 12.5. The van der Waals surface area contributed by atoms with E-state index in [1.165, 1.54) is 25.6 Å². The van der Waals surface area contributed by atoms with Gasteiger partial charge in [0.2, 0.25) is 5.91 Å². The first-order chi connectivity index (χ1) is 14.3. The van der Waals surface area contributed by atoms with Crippen LogP contribution in [0.4, 0.5) is 21.3 Å². The highest BCUT2D eigenvalue weighted by Crippen LogP contribution is 2.36. The topological polar surface area (TPSA) is 102 Å². The second kappa shape index (κ2) is 9.19.